The van der Waals surface area contributed by atoms with Crippen LogP contribution in [-0.2, 0) is 20.8 Å². The van der Waals surface area contributed by atoms with Crippen molar-refractivity contribution in [1.82, 2.24) is 5.06 Å². The Kier molecular flexibility index (Phi) is 4.00. The molecule has 2 fully saturated rings. The molecule has 1 aromatic rings. The molecule has 21 heavy (non-hydrogen) atoms. The Hall–Kier alpha value is -1.02. The third kappa shape index (κ3) is 3.11. The van der Waals surface area contributed by atoms with E-state index in [-0.39, 0.29) is 19.3 Å². The van der Waals surface area contributed by atoms with Gasteiger partial charge in [-0.2, -0.15) is 5.06 Å². The minimum absolute atomic E-state index is 0.268. The number of ether oxygens (including phenoxy) is 3. The number of hydroxylamine groups is 2. The summed E-state index contributed by atoms with van der Waals surface area (Å²) in [6, 6.07) is 9.51. The van der Waals surface area contributed by atoms with Crippen LogP contribution in [0.4, 0.5) is 0 Å². The number of nitrogens with zero attached hydrogens (tertiary/aromatic N) is 1. The molecule has 2 N–H and O–H groups in total. The normalized spacial score (nSPS) is 34.9. The van der Waals surface area contributed by atoms with Crippen LogP contribution in [0.2, 0.25) is 0 Å². The van der Waals surface area contributed by atoms with E-state index in [1.54, 1.807) is 13.8 Å². The quantitative estimate of drug-likeness (QED) is 0.814. The Morgan fingerprint density at radius 3 is 2.67 bits per heavy atom. The highest BCUT2D eigenvalue weighted by Gasteiger charge is 2.51. The maximum absolute atomic E-state index is 10.4. The maximum atomic E-state index is 10.4. The molecule has 0 radical (unpaired) electrons. The van der Waals surface area contributed by atoms with Crippen molar-refractivity contribution in [3.05, 3.63) is 35.9 Å². The number of benzene rings is 1. The van der Waals surface area contributed by atoms with Crippen LogP contribution in [0.1, 0.15) is 19.4 Å². The van der Waals surface area contributed by atoms with Crippen molar-refractivity contribution < 1.29 is 24.5 Å². The molecule has 0 amide bonds. The molecular formula is C15H21NO5. The molecule has 3 rings (SSSR count). The van der Waals surface area contributed by atoms with Gasteiger partial charge < -0.3 is 24.5 Å². The van der Waals surface area contributed by atoms with Gasteiger partial charge in [-0.3, -0.25) is 0 Å². The van der Waals surface area contributed by atoms with Crippen LogP contribution < -0.4 is 0 Å². The Labute approximate surface area is 123 Å². The van der Waals surface area contributed by atoms with Crippen LogP contribution in [-0.4, -0.2) is 52.3 Å². The molecule has 2 aliphatic rings. The molecule has 0 bridgehead atoms. The van der Waals surface area contributed by atoms with Crippen LogP contribution >= 0.6 is 0 Å². The van der Waals surface area contributed by atoms with Crippen molar-refractivity contribution in [2.24, 2.45) is 0 Å². The molecule has 6 heteroatoms. The Balaban J connectivity index is 1.66. The van der Waals surface area contributed by atoms with E-state index in [4.69, 9.17) is 14.2 Å². The average molecular weight is 295 g/mol. The first-order chi connectivity index (χ1) is 9.96. The summed E-state index contributed by atoms with van der Waals surface area (Å²) >= 11 is 0. The lowest BCUT2D eigenvalue weighted by atomic mass is 10.0. The van der Waals surface area contributed by atoms with Crippen molar-refractivity contribution in [1.29, 1.82) is 0 Å². The van der Waals surface area contributed by atoms with Crippen molar-refractivity contribution >= 4 is 0 Å². The lowest BCUT2D eigenvalue weighted by molar-refractivity contribution is -0.287. The van der Waals surface area contributed by atoms with E-state index in [0.717, 1.165) is 10.6 Å². The molecule has 6 nitrogen and oxygen atoms in total. The fourth-order valence-electron chi connectivity index (χ4n) is 2.86. The highest BCUT2D eigenvalue weighted by atomic mass is 16.8. The molecule has 0 unspecified atom stereocenters. The zero-order valence-electron chi connectivity index (χ0n) is 12.2. The van der Waals surface area contributed by atoms with Gasteiger partial charge in [0.2, 0.25) is 0 Å². The van der Waals surface area contributed by atoms with Gasteiger partial charge in [0.15, 0.2) is 12.0 Å². The predicted octanol–water partition coefficient (Wildman–Crippen LogP) is 1.12. The molecule has 0 spiro atoms. The first-order valence-corrected chi connectivity index (χ1v) is 7.11. The first-order valence-electron chi connectivity index (χ1n) is 7.11. The number of fused-ring (bicyclic) bond motifs is 1. The van der Waals surface area contributed by atoms with Gasteiger partial charge >= 0.3 is 0 Å². The summed E-state index contributed by atoms with van der Waals surface area (Å²) in [6.07, 6.45) is -2.61. The number of aliphatic hydroxyl groups is 1. The summed E-state index contributed by atoms with van der Waals surface area (Å²) in [6.45, 7) is 4.15. The zero-order valence-corrected chi connectivity index (χ0v) is 12.2. The molecule has 2 heterocycles. The van der Waals surface area contributed by atoms with Gasteiger partial charge in [-0.1, -0.05) is 30.3 Å². The van der Waals surface area contributed by atoms with Gasteiger partial charge in [0.25, 0.3) is 0 Å². The summed E-state index contributed by atoms with van der Waals surface area (Å²) in [5, 5.41) is 21.6. The minimum Gasteiger partial charge on any atom is -0.386 e. The van der Waals surface area contributed by atoms with Gasteiger partial charge in [0.05, 0.1) is 13.2 Å². The lowest BCUT2D eigenvalue weighted by Crippen LogP contribution is -2.57. The molecule has 4 atom stereocenters. The third-order valence-electron chi connectivity index (χ3n) is 3.76. The van der Waals surface area contributed by atoms with Gasteiger partial charge in [0, 0.05) is 0 Å². The van der Waals surface area contributed by atoms with Crippen molar-refractivity contribution in [3.63, 3.8) is 0 Å². The van der Waals surface area contributed by atoms with E-state index in [2.05, 4.69) is 0 Å². The Bertz CT molecular complexity index is 480. The number of rotatable bonds is 3. The van der Waals surface area contributed by atoms with Crippen molar-refractivity contribution in [2.45, 2.75) is 50.7 Å². The summed E-state index contributed by atoms with van der Waals surface area (Å²) in [5.41, 5.74) is 0.932. The highest BCUT2D eigenvalue weighted by molar-refractivity contribution is 5.14. The monoisotopic (exact) mass is 295 g/mol. The molecule has 0 aliphatic carbocycles. The molecule has 0 saturated carbocycles. The van der Waals surface area contributed by atoms with Crippen LogP contribution in [0.3, 0.4) is 0 Å². The summed E-state index contributed by atoms with van der Waals surface area (Å²) in [7, 11) is 0. The largest absolute Gasteiger partial charge is 0.386 e. The second-order valence-corrected chi connectivity index (χ2v) is 5.94. The fraction of sp³-hybridized carbons (Fsp3) is 0.600. The summed E-state index contributed by atoms with van der Waals surface area (Å²) in [5.74, 6) is -0.742. The van der Waals surface area contributed by atoms with Gasteiger partial charge in [-0.05, 0) is 19.4 Å². The maximum Gasteiger partial charge on any atom is 0.164 e. The summed E-state index contributed by atoms with van der Waals surface area (Å²) in [4.78, 5) is 0. The van der Waals surface area contributed by atoms with Crippen LogP contribution in [0.25, 0.3) is 0 Å². The second kappa shape index (κ2) is 5.64. The van der Waals surface area contributed by atoms with Gasteiger partial charge in [-0.25, -0.2) is 0 Å². The van der Waals surface area contributed by atoms with Gasteiger partial charge in [0.1, 0.15) is 18.3 Å². The Morgan fingerprint density at radius 1 is 1.24 bits per heavy atom. The highest BCUT2D eigenvalue weighted by Crippen LogP contribution is 2.35. The fourth-order valence-corrected chi connectivity index (χ4v) is 2.86. The molecule has 2 aliphatic heterocycles. The lowest BCUT2D eigenvalue weighted by Gasteiger charge is -2.38. The molecule has 2 saturated heterocycles. The van der Waals surface area contributed by atoms with E-state index < -0.39 is 24.2 Å². The van der Waals surface area contributed by atoms with Crippen LogP contribution in [0.15, 0.2) is 30.3 Å². The molecule has 116 valence electrons. The molecule has 1 aromatic carbocycles. The van der Waals surface area contributed by atoms with E-state index in [1.165, 1.54) is 0 Å². The summed E-state index contributed by atoms with van der Waals surface area (Å²) < 4.78 is 16.9. The van der Waals surface area contributed by atoms with E-state index in [0.29, 0.717) is 0 Å². The minimum atomic E-state index is -0.973. The third-order valence-corrected chi connectivity index (χ3v) is 3.76. The predicted molar refractivity (Wildman–Crippen MR) is 73.3 cm³/mol. The second-order valence-electron chi connectivity index (χ2n) is 5.94. The van der Waals surface area contributed by atoms with E-state index in [9.17, 15) is 10.3 Å². The number of aliphatic hydroxyl groups excluding tert-OH is 1. The van der Waals surface area contributed by atoms with Crippen LogP contribution in [0.5, 0.6) is 0 Å². The number of hydrogen-bond donors (Lipinski definition) is 2. The van der Waals surface area contributed by atoms with Crippen molar-refractivity contribution in [3.8, 4) is 0 Å². The molecular weight excluding hydrogens is 274 g/mol. The zero-order chi connectivity index (χ0) is 15.0. The smallest absolute Gasteiger partial charge is 0.164 e. The standard InChI is InChI=1S/C15H21NO5/c1-15(2)20-11-9-19-14(12(17)13(11)21-15)16(18)8-10-6-4-3-5-7-10/h3-7,11-14,17-18H,8-9H2,1-2H3/t11-,12+,13-,14-/m1/s1. The molecule has 0 aromatic heterocycles. The SMILES string of the molecule is CC1(C)O[C@H]2[C@H](O)[C@H](N(O)Cc3ccccc3)OC[C@H]2O1. The first kappa shape index (κ1) is 14.9. The topological polar surface area (TPSA) is 71.4 Å². The average Bonchev–Trinajstić information content (AvgIpc) is 2.75. The Morgan fingerprint density at radius 2 is 1.95 bits per heavy atom. The number of hydrogen-bond acceptors (Lipinski definition) is 6. The van der Waals surface area contributed by atoms with Crippen molar-refractivity contribution in [2.75, 3.05) is 6.61 Å². The van der Waals surface area contributed by atoms with Gasteiger partial charge in [-0.15, -0.1) is 0 Å². The van der Waals surface area contributed by atoms with Crippen LogP contribution in [0, 0.1) is 0 Å². The van der Waals surface area contributed by atoms with E-state index >= 15 is 0 Å². The van der Waals surface area contributed by atoms with E-state index in [1.807, 2.05) is 30.3 Å².